The monoisotopic (exact) mass is 213 g/mol. The number of hydrogen-bond donors (Lipinski definition) is 1. The van der Waals surface area contributed by atoms with E-state index >= 15 is 0 Å². The summed E-state index contributed by atoms with van der Waals surface area (Å²) >= 11 is 0. The van der Waals surface area contributed by atoms with Gasteiger partial charge in [-0.1, -0.05) is 0 Å². The van der Waals surface area contributed by atoms with Gasteiger partial charge in [0.05, 0.1) is 7.11 Å². The Balaban J connectivity index is 2.76. The molecule has 1 N–H and O–H groups in total. The molecule has 1 rings (SSSR count). The Bertz CT molecular complexity index is 383. The number of carbonyl (C=O) groups is 2. The van der Waals surface area contributed by atoms with E-state index in [0.29, 0.717) is 0 Å². The number of aromatic nitrogens is 2. The van der Waals surface area contributed by atoms with Crippen molar-refractivity contribution < 1.29 is 24.0 Å². The summed E-state index contributed by atoms with van der Waals surface area (Å²) in [7, 11) is 1.31. The molecule has 0 amide bonds. The zero-order valence-electron chi connectivity index (χ0n) is 8.64. The van der Waals surface area contributed by atoms with Gasteiger partial charge in [-0.2, -0.15) is 0 Å². The van der Waals surface area contributed by atoms with Gasteiger partial charge in [-0.05, 0) is 0 Å². The maximum atomic E-state index is 11.0. The van der Waals surface area contributed by atoms with E-state index < -0.39 is 5.97 Å². The number of imidazole rings is 1. The van der Waals surface area contributed by atoms with Crippen molar-refractivity contribution in [3.63, 3.8) is 0 Å². The number of aryl methyl sites for hydroxylation is 1. The molecule has 0 aliphatic heterocycles. The molecule has 0 bridgehead atoms. The first-order valence-corrected chi connectivity index (χ1v) is 4.37. The molecule has 1 aromatic heterocycles. The summed E-state index contributed by atoms with van der Waals surface area (Å²) < 4.78 is 7.63. The molecule has 6 heteroatoms. The molecular weight excluding hydrogens is 200 g/mol. The van der Waals surface area contributed by atoms with Gasteiger partial charge in [-0.3, -0.25) is 0 Å². The Labute approximate surface area is 86.7 Å². The molecule has 0 unspecified atom stereocenters. The average Bonchev–Trinajstić information content (AvgIpc) is 2.45. The standard InChI is InChI=1S/C9H12N2O4/c1-7-3-10(5-9(14)15-2)6-11(7)4-8(12)13/h3,6H,4-5H2,1-2H3/p+1. The second kappa shape index (κ2) is 4.59. The summed E-state index contributed by atoms with van der Waals surface area (Å²) in [6, 6.07) is 0. The van der Waals surface area contributed by atoms with Crippen molar-refractivity contribution in [3.8, 4) is 0 Å². The largest absolute Gasteiger partial charge is 0.478 e. The third-order valence-electron chi connectivity index (χ3n) is 1.94. The maximum Gasteiger partial charge on any atom is 0.348 e. The van der Waals surface area contributed by atoms with Crippen molar-refractivity contribution in [1.29, 1.82) is 0 Å². The number of ether oxygens (including phenoxy) is 1. The van der Waals surface area contributed by atoms with E-state index in [4.69, 9.17) is 5.11 Å². The number of aliphatic carboxylic acids is 1. The van der Waals surface area contributed by atoms with Crippen LogP contribution in [0.1, 0.15) is 5.69 Å². The van der Waals surface area contributed by atoms with Gasteiger partial charge in [-0.25, -0.2) is 18.7 Å². The van der Waals surface area contributed by atoms with Crippen LogP contribution in [0.25, 0.3) is 0 Å². The third kappa shape index (κ3) is 3.08. The lowest BCUT2D eigenvalue weighted by atomic mass is 10.5. The Morgan fingerprint density at radius 3 is 2.80 bits per heavy atom. The van der Waals surface area contributed by atoms with Gasteiger partial charge < -0.3 is 9.84 Å². The van der Waals surface area contributed by atoms with Crippen molar-refractivity contribution in [3.05, 3.63) is 18.2 Å². The molecule has 0 fully saturated rings. The van der Waals surface area contributed by atoms with Crippen LogP contribution >= 0.6 is 0 Å². The van der Waals surface area contributed by atoms with Crippen LogP contribution in [-0.2, 0) is 27.4 Å². The van der Waals surface area contributed by atoms with Crippen molar-refractivity contribution in [2.75, 3.05) is 7.11 Å². The highest BCUT2D eigenvalue weighted by atomic mass is 16.5. The summed E-state index contributed by atoms with van der Waals surface area (Å²) in [5.41, 5.74) is 0.779. The second-order valence-corrected chi connectivity index (χ2v) is 3.16. The molecule has 1 aromatic rings. The molecule has 15 heavy (non-hydrogen) atoms. The minimum absolute atomic E-state index is 0.0873. The summed E-state index contributed by atoms with van der Waals surface area (Å²) in [5.74, 6) is -1.29. The van der Waals surface area contributed by atoms with E-state index in [0.717, 1.165) is 5.69 Å². The highest BCUT2D eigenvalue weighted by Crippen LogP contribution is 1.95. The minimum atomic E-state index is -0.918. The van der Waals surface area contributed by atoms with Crippen molar-refractivity contribution in [2.45, 2.75) is 20.0 Å². The number of carboxylic acids is 1. The molecule has 0 spiro atoms. The van der Waals surface area contributed by atoms with Crippen LogP contribution in [0.2, 0.25) is 0 Å². The second-order valence-electron chi connectivity index (χ2n) is 3.16. The van der Waals surface area contributed by atoms with Gasteiger partial charge in [-0.15, -0.1) is 0 Å². The molecule has 0 saturated carbocycles. The van der Waals surface area contributed by atoms with Crippen LogP contribution in [-0.4, -0.2) is 28.7 Å². The minimum Gasteiger partial charge on any atom is -0.478 e. The van der Waals surface area contributed by atoms with Crippen LogP contribution in [0.4, 0.5) is 0 Å². The van der Waals surface area contributed by atoms with Crippen molar-refractivity contribution >= 4 is 11.9 Å². The van der Waals surface area contributed by atoms with E-state index in [2.05, 4.69) is 4.74 Å². The molecule has 6 nitrogen and oxygen atoms in total. The van der Waals surface area contributed by atoms with Crippen LogP contribution in [0, 0.1) is 6.92 Å². The predicted octanol–water partition coefficient (Wildman–Crippen LogP) is -0.658. The summed E-state index contributed by atoms with van der Waals surface area (Å²) in [5, 5.41) is 8.61. The number of nitrogens with zero attached hydrogens (tertiary/aromatic N) is 2. The average molecular weight is 213 g/mol. The van der Waals surface area contributed by atoms with Crippen molar-refractivity contribution in [1.82, 2.24) is 4.57 Å². The Morgan fingerprint density at radius 1 is 1.60 bits per heavy atom. The lowest BCUT2D eigenvalue weighted by Crippen LogP contribution is -2.36. The topological polar surface area (TPSA) is 72.4 Å². The van der Waals surface area contributed by atoms with Gasteiger partial charge in [0.15, 0.2) is 13.1 Å². The Hall–Kier alpha value is -1.85. The fraction of sp³-hybridized carbons (Fsp3) is 0.444. The molecule has 1 heterocycles. The quantitative estimate of drug-likeness (QED) is 0.532. The number of rotatable bonds is 4. The molecule has 82 valence electrons. The molecular formula is C9H13N2O4+. The van der Waals surface area contributed by atoms with E-state index in [1.165, 1.54) is 7.11 Å². The molecule has 0 radical (unpaired) electrons. The van der Waals surface area contributed by atoms with E-state index in [1.54, 1.807) is 28.6 Å². The first-order chi connectivity index (χ1) is 7.02. The van der Waals surface area contributed by atoms with E-state index in [9.17, 15) is 9.59 Å². The third-order valence-corrected chi connectivity index (χ3v) is 1.94. The first kappa shape index (κ1) is 11.2. The summed E-state index contributed by atoms with van der Waals surface area (Å²) in [6.45, 7) is 1.75. The lowest BCUT2D eigenvalue weighted by molar-refractivity contribution is -0.685. The predicted molar refractivity (Wildman–Crippen MR) is 49.0 cm³/mol. The maximum absolute atomic E-state index is 11.0. The smallest absolute Gasteiger partial charge is 0.348 e. The zero-order valence-corrected chi connectivity index (χ0v) is 8.64. The van der Waals surface area contributed by atoms with E-state index in [1.807, 2.05) is 0 Å². The fourth-order valence-electron chi connectivity index (χ4n) is 1.23. The van der Waals surface area contributed by atoms with Crippen LogP contribution < -0.4 is 4.57 Å². The van der Waals surface area contributed by atoms with Crippen molar-refractivity contribution in [2.24, 2.45) is 0 Å². The number of methoxy groups -OCH3 is 1. The van der Waals surface area contributed by atoms with Gasteiger partial charge in [0, 0.05) is 6.92 Å². The summed E-state index contributed by atoms with van der Waals surface area (Å²) in [6.07, 6.45) is 3.26. The summed E-state index contributed by atoms with van der Waals surface area (Å²) in [4.78, 5) is 21.4. The SMILES string of the molecule is COC(=O)C[n+]1cc(C)n(CC(=O)O)c1. The molecule has 0 aliphatic rings. The number of carboxylic acid groups (broad SMARTS) is 1. The van der Waals surface area contributed by atoms with Crippen LogP contribution in [0.5, 0.6) is 0 Å². The van der Waals surface area contributed by atoms with Crippen LogP contribution in [0.15, 0.2) is 12.5 Å². The molecule has 0 aromatic carbocycles. The molecule has 0 aliphatic carbocycles. The lowest BCUT2D eigenvalue weighted by Gasteiger charge is -1.93. The highest BCUT2D eigenvalue weighted by molar-refractivity contribution is 5.67. The van der Waals surface area contributed by atoms with Gasteiger partial charge in [0.25, 0.3) is 0 Å². The number of carbonyl (C=O) groups excluding carboxylic acids is 1. The Kier molecular flexibility index (Phi) is 3.43. The number of esters is 1. The molecule has 0 saturated heterocycles. The van der Waals surface area contributed by atoms with Gasteiger partial charge in [0.2, 0.25) is 6.33 Å². The zero-order chi connectivity index (χ0) is 11.4. The van der Waals surface area contributed by atoms with E-state index in [-0.39, 0.29) is 19.1 Å². The van der Waals surface area contributed by atoms with Crippen LogP contribution in [0.3, 0.4) is 0 Å². The Morgan fingerprint density at radius 2 is 2.27 bits per heavy atom. The molecule has 0 atom stereocenters. The number of hydrogen-bond acceptors (Lipinski definition) is 3. The van der Waals surface area contributed by atoms with Gasteiger partial charge in [0.1, 0.15) is 11.9 Å². The fourth-order valence-corrected chi connectivity index (χ4v) is 1.23. The first-order valence-electron chi connectivity index (χ1n) is 4.37. The normalized spacial score (nSPS) is 10.0. The van der Waals surface area contributed by atoms with Gasteiger partial charge >= 0.3 is 11.9 Å². The highest BCUT2D eigenvalue weighted by Gasteiger charge is 2.14.